The van der Waals surface area contributed by atoms with Crippen molar-refractivity contribution < 1.29 is 18.7 Å². The molecule has 1 aliphatic heterocycles. The molecule has 172 valence electrons. The second kappa shape index (κ2) is 9.06. The van der Waals surface area contributed by atoms with Crippen LogP contribution >= 0.6 is 0 Å². The summed E-state index contributed by atoms with van der Waals surface area (Å²) in [5.74, 6) is 1.40. The van der Waals surface area contributed by atoms with Gasteiger partial charge in [0.25, 0.3) is 5.91 Å². The molecule has 0 spiro atoms. The first-order chi connectivity index (χ1) is 16.5. The molecule has 0 aliphatic carbocycles. The van der Waals surface area contributed by atoms with Gasteiger partial charge in [-0.25, -0.2) is 4.79 Å². The number of hydrogen-bond acceptors (Lipinski definition) is 5. The molecule has 34 heavy (non-hydrogen) atoms. The number of aryl methyl sites for hydroxylation is 2. The van der Waals surface area contributed by atoms with Crippen LogP contribution in [0, 0.1) is 6.92 Å². The average molecular weight is 456 g/mol. The number of benzene rings is 3. The van der Waals surface area contributed by atoms with Crippen LogP contribution in [0.5, 0.6) is 11.5 Å². The van der Waals surface area contributed by atoms with Gasteiger partial charge in [-0.15, -0.1) is 0 Å². The largest absolute Gasteiger partial charge is 0.497 e. The average Bonchev–Trinajstić information content (AvgIpc) is 2.86. The second-order valence-corrected chi connectivity index (χ2v) is 8.45. The SMILES string of the molecule is COc1ccc2c(c1)CCCN2C(=O)c1ccc(COc2ccc3c(C)cc(=O)oc3c2)cc1. The molecule has 0 fully saturated rings. The Bertz CT molecular complexity index is 1420. The first-order valence-electron chi connectivity index (χ1n) is 11.3. The molecular weight excluding hydrogens is 430 g/mol. The number of carbonyl (C=O) groups excluding carboxylic acids is 1. The number of anilines is 1. The Balaban J connectivity index is 1.29. The number of amides is 1. The van der Waals surface area contributed by atoms with Gasteiger partial charge < -0.3 is 18.8 Å². The van der Waals surface area contributed by atoms with Crippen molar-refractivity contribution in [1.29, 1.82) is 0 Å². The number of ether oxygens (including phenoxy) is 2. The van der Waals surface area contributed by atoms with E-state index in [-0.39, 0.29) is 11.5 Å². The molecule has 1 aromatic heterocycles. The van der Waals surface area contributed by atoms with Gasteiger partial charge >= 0.3 is 5.63 Å². The van der Waals surface area contributed by atoms with Crippen molar-refractivity contribution in [2.75, 3.05) is 18.6 Å². The zero-order valence-corrected chi connectivity index (χ0v) is 19.2. The van der Waals surface area contributed by atoms with E-state index in [4.69, 9.17) is 13.9 Å². The summed E-state index contributed by atoms with van der Waals surface area (Å²) in [4.78, 5) is 26.7. The van der Waals surface area contributed by atoms with Gasteiger partial charge in [-0.1, -0.05) is 12.1 Å². The van der Waals surface area contributed by atoms with Gasteiger partial charge in [0.2, 0.25) is 0 Å². The molecule has 2 heterocycles. The first kappa shape index (κ1) is 21.8. The van der Waals surface area contributed by atoms with Crippen LogP contribution in [-0.2, 0) is 13.0 Å². The third kappa shape index (κ3) is 4.27. The van der Waals surface area contributed by atoms with Crippen molar-refractivity contribution >= 4 is 22.6 Å². The fourth-order valence-electron chi connectivity index (χ4n) is 4.37. The highest BCUT2D eigenvalue weighted by atomic mass is 16.5. The molecule has 0 saturated heterocycles. The lowest BCUT2D eigenvalue weighted by Crippen LogP contribution is -2.35. The molecule has 5 rings (SSSR count). The summed E-state index contributed by atoms with van der Waals surface area (Å²) in [7, 11) is 1.65. The Morgan fingerprint density at radius 3 is 2.59 bits per heavy atom. The first-order valence-corrected chi connectivity index (χ1v) is 11.3. The molecule has 6 nitrogen and oxygen atoms in total. The van der Waals surface area contributed by atoms with Crippen LogP contribution in [0.15, 0.2) is 75.9 Å². The van der Waals surface area contributed by atoms with Gasteiger partial charge in [0.05, 0.1) is 7.11 Å². The van der Waals surface area contributed by atoms with Gasteiger partial charge in [0.15, 0.2) is 0 Å². The lowest BCUT2D eigenvalue weighted by atomic mass is 10.00. The van der Waals surface area contributed by atoms with Crippen LogP contribution in [0.2, 0.25) is 0 Å². The molecule has 0 atom stereocenters. The molecule has 0 radical (unpaired) electrons. The number of methoxy groups -OCH3 is 1. The molecule has 0 bridgehead atoms. The van der Waals surface area contributed by atoms with E-state index in [1.54, 1.807) is 13.2 Å². The zero-order chi connectivity index (χ0) is 23.7. The van der Waals surface area contributed by atoms with Crippen molar-refractivity contribution in [3.05, 3.63) is 99.4 Å². The maximum absolute atomic E-state index is 13.2. The third-order valence-electron chi connectivity index (χ3n) is 6.18. The summed E-state index contributed by atoms with van der Waals surface area (Å²) in [6, 6.07) is 20.3. The van der Waals surface area contributed by atoms with Crippen LogP contribution in [0.4, 0.5) is 5.69 Å². The van der Waals surface area contributed by atoms with Gasteiger partial charge in [0, 0.05) is 35.3 Å². The van der Waals surface area contributed by atoms with E-state index in [0.29, 0.717) is 30.0 Å². The van der Waals surface area contributed by atoms with Crippen LogP contribution in [0.3, 0.4) is 0 Å². The molecule has 3 aromatic carbocycles. The lowest BCUT2D eigenvalue weighted by Gasteiger charge is -2.30. The molecule has 4 aromatic rings. The maximum atomic E-state index is 13.2. The minimum Gasteiger partial charge on any atom is -0.497 e. The maximum Gasteiger partial charge on any atom is 0.336 e. The van der Waals surface area contributed by atoms with E-state index in [9.17, 15) is 9.59 Å². The Hall–Kier alpha value is -4.06. The summed E-state index contributed by atoms with van der Waals surface area (Å²) in [5, 5.41) is 0.882. The minimum absolute atomic E-state index is 0.0153. The predicted molar refractivity (Wildman–Crippen MR) is 131 cm³/mol. The lowest BCUT2D eigenvalue weighted by molar-refractivity contribution is 0.0985. The summed E-state index contributed by atoms with van der Waals surface area (Å²) < 4.78 is 16.5. The van der Waals surface area contributed by atoms with Gasteiger partial charge in [0.1, 0.15) is 23.7 Å². The predicted octanol–water partition coefficient (Wildman–Crippen LogP) is 5.28. The quantitative estimate of drug-likeness (QED) is 0.383. The van der Waals surface area contributed by atoms with Crippen molar-refractivity contribution in [1.82, 2.24) is 0 Å². The van der Waals surface area contributed by atoms with Gasteiger partial charge in [-0.2, -0.15) is 0 Å². The Morgan fingerprint density at radius 2 is 1.79 bits per heavy atom. The summed E-state index contributed by atoms with van der Waals surface area (Å²) in [6.45, 7) is 2.91. The number of hydrogen-bond donors (Lipinski definition) is 0. The van der Waals surface area contributed by atoms with Crippen LogP contribution in [0.25, 0.3) is 11.0 Å². The fourth-order valence-corrected chi connectivity index (χ4v) is 4.37. The second-order valence-electron chi connectivity index (χ2n) is 8.45. The highest BCUT2D eigenvalue weighted by Crippen LogP contribution is 2.31. The van der Waals surface area contributed by atoms with Crippen LogP contribution in [0.1, 0.15) is 33.5 Å². The van der Waals surface area contributed by atoms with Crippen molar-refractivity contribution in [2.24, 2.45) is 0 Å². The number of nitrogens with zero attached hydrogens (tertiary/aromatic N) is 1. The van der Waals surface area contributed by atoms with Crippen LogP contribution in [-0.4, -0.2) is 19.6 Å². The van der Waals surface area contributed by atoms with E-state index in [2.05, 4.69) is 0 Å². The number of rotatable bonds is 5. The van der Waals surface area contributed by atoms with E-state index < -0.39 is 0 Å². The smallest absolute Gasteiger partial charge is 0.336 e. The molecule has 0 unspecified atom stereocenters. The van der Waals surface area contributed by atoms with Gasteiger partial charge in [-0.05, 0) is 78.9 Å². The molecule has 1 amide bonds. The fraction of sp³-hybridized carbons (Fsp3) is 0.214. The number of carbonyl (C=O) groups is 1. The Kier molecular flexibility index (Phi) is 5.80. The topological polar surface area (TPSA) is 69.0 Å². The molecule has 6 heteroatoms. The molecule has 0 N–H and O–H groups in total. The number of fused-ring (bicyclic) bond motifs is 2. The summed E-state index contributed by atoms with van der Waals surface area (Å²) in [6.07, 6.45) is 1.85. The van der Waals surface area contributed by atoms with E-state index in [1.807, 2.05) is 66.4 Å². The third-order valence-corrected chi connectivity index (χ3v) is 6.18. The zero-order valence-electron chi connectivity index (χ0n) is 19.2. The summed E-state index contributed by atoms with van der Waals surface area (Å²) >= 11 is 0. The highest BCUT2D eigenvalue weighted by molar-refractivity contribution is 6.06. The summed E-state index contributed by atoms with van der Waals surface area (Å²) in [5.41, 5.74) is 4.64. The Labute approximate surface area is 197 Å². The van der Waals surface area contributed by atoms with Crippen LogP contribution < -0.4 is 20.0 Å². The van der Waals surface area contributed by atoms with Crippen molar-refractivity contribution in [3.8, 4) is 11.5 Å². The normalized spacial score (nSPS) is 12.9. The van der Waals surface area contributed by atoms with E-state index >= 15 is 0 Å². The highest BCUT2D eigenvalue weighted by Gasteiger charge is 2.24. The van der Waals surface area contributed by atoms with Crippen molar-refractivity contribution in [2.45, 2.75) is 26.4 Å². The van der Waals surface area contributed by atoms with E-state index in [1.165, 1.54) is 6.07 Å². The van der Waals surface area contributed by atoms with E-state index in [0.717, 1.165) is 46.4 Å². The molecular formula is C28H25NO5. The van der Waals surface area contributed by atoms with Gasteiger partial charge in [-0.3, -0.25) is 4.79 Å². The molecule has 0 saturated carbocycles. The monoisotopic (exact) mass is 455 g/mol. The standard InChI is InChI=1S/C28H25NO5/c1-18-14-27(30)34-26-16-23(9-11-24(18)26)33-17-19-5-7-20(8-6-19)28(31)29-13-3-4-21-15-22(32-2)10-12-25(21)29/h5-12,14-16H,3-4,13,17H2,1-2H3. The minimum atomic E-state index is -0.377. The molecule has 1 aliphatic rings. The van der Waals surface area contributed by atoms with Crippen molar-refractivity contribution in [3.63, 3.8) is 0 Å². The Morgan fingerprint density at radius 1 is 1.00 bits per heavy atom.